The molecular formula is C22H24N4O2. The van der Waals surface area contributed by atoms with Crippen molar-refractivity contribution in [3.63, 3.8) is 0 Å². The second kappa shape index (κ2) is 7.48. The summed E-state index contributed by atoms with van der Waals surface area (Å²) >= 11 is 0. The summed E-state index contributed by atoms with van der Waals surface area (Å²) < 4.78 is 1.59. The van der Waals surface area contributed by atoms with Gasteiger partial charge in [0.2, 0.25) is 0 Å². The third-order valence-corrected chi connectivity index (χ3v) is 5.44. The zero-order chi connectivity index (χ0) is 19.7. The first-order chi connectivity index (χ1) is 13.5. The quantitative estimate of drug-likeness (QED) is 0.734. The van der Waals surface area contributed by atoms with Crippen molar-refractivity contribution in [1.29, 1.82) is 0 Å². The molecule has 6 nitrogen and oxygen atoms in total. The maximum Gasteiger partial charge on any atom is 0.334 e. The van der Waals surface area contributed by atoms with Gasteiger partial charge in [0.15, 0.2) is 0 Å². The molecule has 0 radical (unpaired) electrons. The average molecular weight is 376 g/mol. The van der Waals surface area contributed by atoms with Crippen molar-refractivity contribution in [3.05, 3.63) is 91.6 Å². The maximum atomic E-state index is 12.6. The van der Waals surface area contributed by atoms with Gasteiger partial charge in [0, 0.05) is 13.1 Å². The van der Waals surface area contributed by atoms with Crippen LogP contribution in [0.25, 0.3) is 5.69 Å². The van der Waals surface area contributed by atoms with Crippen LogP contribution in [0.3, 0.4) is 0 Å². The molecule has 0 unspecified atom stereocenters. The topological polar surface area (TPSA) is 70.1 Å². The highest BCUT2D eigenvalue weighted by Crippen LogP contribution is 2.24. The number of hydrogen-bond acceptors (Lipinski definition) is 4. The molecule has 0 bridgehead atoms. The standard InChI is InChI=1S/C22H24N4O2/c1-15-7-6-10-19(16(15)2)26-20-18(21(27)24-22(26)28)13-25(14-23-20)12-11-17-8-4-3-5-9-17/h3-10,23H,11-14H2,1-2H3,(H,24,27,28). The molecule has 1 aliphatic rings. The van der Waals surface area contributed by atoms with Crippen LogP contribution in [-0.4, -0.2) is 27.7 Å². The first-order valence-electron chi connectivity index (χ1n) is 9.49. The van der Waals surface area contributed by atoms with E-state index in [0.29, 0.717) is 24.6 Å². The van der Waals surface area contributed by atoms with Crippen molar-refractivity contribution in [1.82, 2.24) is 14.5 Å². The van der Waals surface area contributed by atoms with Crippen LogP contribution in [0.2, 0.25) is 0 Å². The van der Waals surface area contributed by atoms with Gasteiger partial charge in [-0.2, -0.15) is 0 Å². The Hall–Kier alpha value is -3.12. The monoisotopic (exact) mass is 376 g/mol. The number of aryl methyl sites for hydroxylation is 1. The summed E-state index contributed by atoms with van der Waals surface area (Å²) in [6, 6.07) is 16.1. The lowest BCUT2D eigenvalue weighted by atomic mass is 10.1. The number of anilines is 1. The molecule has 2 heterocycles. The van der Waals surface area contributed by atoms with E-state index in [1.54, 1.807) is 4.57 Å². The third-order valence-electron chi connectivity index (χ3n) is 5.44. The number of aromatic nitrogens is 2. The molecule has 144 valence electrons. The normalized spacial score (nSPS) is 13.8. The van der Waals surface area contributed by atoms with Crippen molar-refractivity contribution in [2.45, 2.75) is 26.8 Å². The van der Waals surface area contributed by atoms with Crippen LogP contribution >= 0.6 is 0 Å². The van der Waals surface area contributed by atoms with E-state index in [0.717, 1.165) is 29.8 Å². The average Bonchev–Trinajstić information content (AvgIpc) is 2.70. The molecule has 2 aromatic carbocycles. The van der Waals surface area contributed by atoms with Crippen molar-refractivity contribution in [2.75, 3.05) is 18.5 Å². The second-order valence-corrected chi connectivity index (χ2v) is 7.26. The summed E-state index contributed by atoms with van der Waals surface area (Å²) in [5.74, 6) is 0.596. The van der Waals surface area contributed by atoms with Gasteiger partial charge in [-0.05, 0) is 43.0 Å². The summed E-state index contributed by atoms with van der Waals surface area (Å²) in [6.07, 6.45) is 0.909. The van der Waals surface area contributed by atoms with Crippen LogP contribution < -0.4 is 16.6 Å². The molecule has 0 saturated carbocycles. The first kappa shape index (κ1) is 18.3. The molecule has 0 aliphatic carbocycles. The Balaban J connectivity index is 1.67. The zero-order valence-electron chi connectivity index (χ0n) is 16.2. The van der Waals surface area contributed by atoms with Crippen molar-refractivity contribution >= 4 is 5.82 Å². The third kappa shape index (κ3) is 3.39. The van der Waals surface area contributed by atoms with Gasteiger partial charge in [-0.1, -0.05) is 42.5 Å². The van der Waals surface area contributed by atoms with Crippen LogP contribution in [0, 0.1) is 13.8 Å². The van der Waals surface area contributed by atoms with Crippen LogP contribution in [0.1, 0.15) is 22.3 Å². The Morgan fingerprint density at radius 1 is 1.00 bits per heavy atom. The number of rotatable bonds is 4. The maximum absolute atomic E-state index is 12.6. The van der Waals surface area contributed by atoms with E-state index < -0.39 is 5.69 Å². The highest BCUT2D eigenvalue weighted by molar-refractivity contribution is 5.55. The van der Waals surface area contributed by atoms with E-state index in [1.165, 1.54) is 5.56 Å². The van der Waals surface area contributed by atoms with Crippen molar-refractivity contribution in [2.24, 2.45) is 0 Å². The molecule has 0 atom stereocenters. The van der Waals surface area contributed by atoms with Gasteiger partial charge in [0.25, 0.3) is 5.56 Å². The lowest BCUT2D eigenvalue weighted by Gasteiger charge is -2.31. The molecule has 28 heavy (non-hydrogen) atoms. The number of nitrogens with one attached hydrogen (secondary N) is 2. The highest BCUT2D eigenvalue weighted by Gasteiger charge is 2.24. The number of hydrogen-bond donors (Lipinski definition) is 2. The van der Waals surface area contributed by atoms with E-state index in [2.05, 4.69) is 27.3 Å². The zero-order valence-corrected chi connectivity index (χ0v) is 16.2. The molecule has 0 amide bonds. The SMILES string of the molecule is Cc1cccc(-n2c3c(c(=O)[nH]c2=O)CN(CCc2ccccc2)CN3)c1C. The number of aromatic amines is 1. The van der Waals surface area contributed by atoms with Gasteiger partial charge in [-0.15, -0.1) is 0 Å². The van der Waals surface area contributed by atoms with E-state index in [1.807, 2.05) is 50.2 Å². The molecular weight excluding hydrogens is 352 g/mol. The van der Waals surface area contributed by atoms with Crippen LogP contribution in [0.4, 0.5) is 5.82 Å². The molecule has 1 aromatic heterocycles. The van der Waals surface area contributed by atoms with Gasteiger partial charge >= 0.3 is 5.69 Å². The van der Waals surface area contributed by atoms with Crippen LogP contribution in [0.5, 0.6) is 0 Å². The fraction of sp³-hybridized carbons (Fsp3) is 0.273. The minimum atomic E-state index is -0.414. The Morgan fingerprint density at radius 3 is 2.57 bits per heavy atom. The van der Waals surface area contributed by atoms with E-state index in [4.69, 9.17) is 0 Å². The molecule has 6 heteroatoms. The van der Waals surface area contributed by atoms with Crippen molar-refractivity contribution in [3.8, 4) is 5.69 Å². The minimum Gasteiger partial charge on any atom is -0.358 e. The van der Waals surface area contributed by atoms with E-state index in [9.17, 15) is 9.59 Å². The largest absolute Gasteiger partial charge is 0.358 e. The van der Waals surface area contributed by atoms with Crippen LogP contribution in [0.15, 0.2) is 58.1 Å². The smallest absolute Gasteiger partial charge is 0.334 e. The Morgan fingerprint density at radius 2 is 1.79 bits per heavy atom. The molecule has 0 fully saturated rings. The number of H-pyrrole nitrogens is 1. The van der Waals surface area contributed by atoms with Gasteiger partial charge in [0.05, 0.1) is 17.9 Å². The van der Waals surface area contributed by atoms with Gasteiger partial charge in [-0.3, -0.25) is 14.7 Å². The highest BCUT2D eigenvalue weighted by atomic mass is 16.2. The molecule has 0 spiro atoms. The van der Waals surface area contributed by atoms with E-state index in [-0.39, 0.29) is 5.56 Å². The Labute approximate surface area is 163 Å². The Bertz CT molecular complexity index is 1120. The molecule has 1 aliphatic heterocycles. The number of nitrogens with zero attached hydrogens (tertiary/aromatic N) is 2. The molecule has 2 N–H and O–H groups in total. The molecule has 4 rings (SSSR count). The Kier molecular flexibility index (Phi) is 4.88. The number of benzene rings is 2. The van der Waals surface area contributed by atoms with E-state index >= 15 is 0 Å². The predicted molar refractivity (Wildman–Crippen MR) is 111 cm³/mol. The summed E-state index contributed by atoms with van der Waals surface area (Å²) in [7, 11) is 0. The van der Waals surface area contributed by atoms with Crippen molar-refractivity contribution < 1.29 is 0 Å². The lowest BCUT2D eigenvalue weighted by Crippen LogP contribution is -2.43. The second-order valence-electron chi connectivity index (χ2n) is 7.26. The summed E-state index contributed by atoms with van der Waals surface area (Å²) in [5.41, 5.74) is 4.04. The first-order valence-corrected chi connectivity index (χ1v) is 9.49. The summed E-state index contributed by atoms with van der Waals surface area (Å²) in [6.45, 7) is 5.94. The lowest BCUT2D eigenvalue weighted by molar-refractivity contribution is 0.275. The minimum absolute atomic E-state index is 0.321. The molecule has 0 saturated heterocycles. The fourth-order valence-electron chi connectivity index (χ4n) is 3.67. The fourth-order valence-corrected chi connectivity index (χ4v) is 3.67. The molecule has 3 aromatic rings. The van der Waals surface area contributed by atoms with Gasteiger partial charge in [-0.25, -0.2) is 9.36 Å². The van der Waals surface area contributed by atoms with Gasteiger partial charge < -0.3 is 5.32 Å². The van der Waals surface area contributed by atoms with Crippen LogP contribution in [-0.2, 0) is 13.0 Å². The number of fused-ring (bicyclic) bond motifs is 1. The summed E-state index contributed by atoms with van der Waals surface area (Å²) in [5, 5.41) is 3.31. The predicted octanol–water partition coefficient (Wildman–Crippen LogP) is 2.57. The summed E-state index contributed by atoms with van der Waals surface area (Å²) in [4.78, 5) is 29.8. The van der Waals surface area contributed by atoms with Gasteiger partial charge in [0.1, 0.15) is 5.82 Å².